The summed E-state index contributed by atoms with van der Waals surface area (Å²) in [5.41, 5.74) is 2.41. The lowest BCUT2D eigenvalue weighted by Gasteiger charge is -2.11. The van der Waals surface area contributed by atoms with Crippen LogP contribution in [0.3, 0.4) is 0 Å². The molecule has 98 valence electrons. The van der Waals surface area contributed by atoms with Crippen LogP contribution in [0.2, 0.25) is 5.02 Å². The Morgan fingerprint density at radius 2 is 1.79 bits per heavy atom. The second kappa shape index (κ2) is 5.89. The Balaban J connectivity index is 2.18. The van der Waals surface area contributed by atoms with E-state index in [1.807, 2.05) is 36.4 Å². The van der Waals surface area contributed by atoms with Gasteiger partial charge in [0.25, 0.3) is 5.91 Å². The van der Waals surface area contributed by atoms with E-state index in [1.54, 1.807) is 12.1 Å². The highest BCUT2D eigenvalue weighted by Gasteiger charge is 2.09. The van der Waals surface area contributed by atoms with Gasteiger partial charge in [0, 0.05) is 5.56 Å². The standard InChI is InChI=1S/C16H16ClNO/c1-11(2)13-8-9-15(14(17)10-13)18-16(19)12-6-4-3-5-7-12/h3-11H,1-2H3,(H,18,19). The van der Waals surface area contributed by atoms with Crippen LogP contribution in [0.1, 0.15) is 35.7 Å². The molecule has 0 unspecified atom stereocenters. The number of carbonyl (C=O) groups is 1. The van der Waals surface area contributed by atoms with Crippen LogP contribution in [0.15, 0.2) is 48.5 Å². The van der Waals surface area contributed by atoms with Crippen molar-refractivity contribution in [3.8, 4) is 0 Å². The number of amides is 1. The first-order chi connectivity index (χ1) is 9.08. The van der Waals surface area contributed by atoms with E-state index in [4.69, 9.17) is 11.6 Å². The van der Waals surface area contributed by atoms with Crippen molar-refractivity contribution in [1.29, 1.82) is 0 Å². The van der Waals surface area contributed by atoms with Crippen molar-refractivity contribution in [1.82, 2.24) is 0 Å². The van der Waals surface area contributed by atoms with Crippen LogP contribution in [0, 0.1) is 0 Å². The third kappa shape index (κ3) is 3.36. The molecule has 0 atom stereocenters. The van der Waals surface area contributed by atoms with E-state index >= 15 is 0 Å². The molecule has 0 spiro atoms. The molecule has 2 nitrogen and oxygen atoms in total. The Labute approximate surface area is 118 Å². The summed E-state index contributed by atoms with van der Waals surface area (Å²) in [7, 11) is 0. The van der Waals surface area contributed by atoms with E-state index in [0.717, 1.165) is 5.56 Å². The highest BCUT2D eigenvalue weighted by molar-refractivity contribution is 6.34. The van der Waals surface area contributed by atoms with E-state index in [1.165, 1.54) is 0 Å². The SMILES string of the molecule is CC(C)c1ccc(NC(=O)c2ccccc2)c(Cl)c1. The summed E-state index contributed by atoms with van der Waals surface area (Å²) in [5, 5.41) is 3.39. The molecular weight excluding hydrogens is 258 g/mol. The monoisotopic (exact) mass is 273 g/mol. The lowest BCUT2D eigenvalue weighted by atomic mass is 10.0. The van der Waals surface area contributed by atoms with Crippen LogP contribution in [0.4, 0.5) is 5.69 Å². The summed E-state index contributed by atoms with van der Waals surface area (Å²) in [4.78, 5) is 12.0. The van der Waals surface area contributed by atoms with Crippen molar-refractivity contribution < 1.29 is 4.79 Å². The normalized spacial score (nSPS) is 10.5. The molecule has 2 rings (SSSR count). The number of nitrogens with one attached hydrogen (secondary N) is 1. The Kier molecular flexibility index (Phi) is 4.23. The van der Waals surface area contributed by atoms with Crippen LogP contribution in [-0.2, 0) is 0 Å². The molecule has 0 radical (unpaired) electrons. The maximum absolute atomic E-state index is 12.0. The molecule has 1 N–H and O–H groups in total. The van der Waals surface area contributed by atoms with Crippen molar-refractivity contribution in [3.63, 3.8) is 0 Å². The van der Waals surface area contributed by atoms with Crippen molar-refractivity contribution in [2.45, 2.75) is 19.8 Å². The van der Waals surface area contributed by atoms with Crippen LogP contribution >= 0.6 is 11.6 Å². The molecule has 0 saturated carbocycles. The number of rotatable bonds is 3. The lowest BCUT2D eigenvalue weighted by Crippen LogP contribution is -2.12. The van der Waals surface area contributed by atoms with Gasteiger partial charge in [0.05, 0.1) is 10.7 Å². The topological polar surface area (TPSA) is 29.1 Å². The maximum atomic E-state index is 12.0. The Bertz CT molecular complexity index is 579. The minimum atomic E-state index is -0.153. The number of carbonyl (C=O) groups excluding carboxylic acids is 1. The van der Waals surface area contributed by atoms with Gasteiger partial charge >= 0.3 is 0 Å². The predicted octanol–water partition coefficient (Wildman–Crippen LogP) is 4.72. The van der Waals surface area contributed by atoms with Gasteiger partial charge in [0.2, 0.25) is 0 Å². The summed E-state index contributed by atoms with van der Waals surface area (Å²) < 4.78 is 0. The van der Waals surface area contributed by atoms with E-state index in [2.05, 4.69) is 19.2 Å². The molecule has 0 fully saturated rings. The lowest BCUT2D eigenvalue weighted by molar-refractivity contribution is 0.102. The number of anilines is 1. The summed E-state index contributed by atoms with van der Waals surface area (Å²) >= 11 is 6.19. The minimum Gasteiger partial charge on any atom is -0.321 e. The van der Waals surface area contributed by atoms with Crippen molar-refractivity contribution in [2.24, 2.45) is 0 Å². The molecule has 2 aromatic rings. The maximum Gasteiger partial charge on any atom is 0.255 e. The zero-order valence-corrected chi connectivity index (χ0v) is 11.7. The van der Waals surface area contributed by atoms with Gasteiger partial charge in [-0.25, -0.2) is 0 Å². The van der Waals surface area contributed by atoms with Gasteiger partial charge in [-0.1, -0.05) is 49.7 Å². The van der Waals surface area contributed by atoms with Crippen LogP contribution in [0.5, 0.6) is 0 Å². The highest BCUT2D eigenvalue weighted by atomic mass is 35.5. The smallest absolute Gasteiger partial charge is 0.255 e. The van der Waals surface area contributed by atoms with Gasteiger partial charge in [-0.3, -0.25) is 4.79 Å². The fourth-order valence-corrected chi connectivity index (χ4v) is 2.01. The van der Waals surface area contributed by atoms with E-state index in [-0.39, 0.29) is 5.91 Å². The summed E-state index contributed by atoms with van der Waals surface area (Å²) in [6.07, 6.45) is 0. The Hall–Kier alpha value is -1.80. The van der Waals surface area contributed by atoms with Crippen LogP contribution in [0.25, 0.3) is 0 Å². The largest absolute Gasteiger partial charge is 0.321 e. The third-order valence-electron chi connectivity index (χ3n) is 2.94. The second-order valence-corrected chi connectivity index (χ2v) is 5.12. The summed E-state index contributed by atoms with van der Waals surface area (Å²) in [6.45, 7) is 4.21. The first-order valence-electron chi connectivity index (χ1n) is 6.24. The fraction of sp³-hybridized carbons (Fsp3) is 0.188. The summed E-state index contributed by atoms with van der Waals surface area (Å²) in [5.74, 6) is 0.260. The molecule has 19 heavy (non-hydrogen) atoms. The zero-order valence-electron chi connectivity index (χ0n) is 11.0. The number of halogens is 1. The van der Waals surface area contributed by atoms with Gasteiger partial charge in [-0.05, 0) is 35.7 Å². The molecule has 2 aromatic carbocycles. The Morgan fingerprint density at radius 3 is 2.37 bits per heavy atom. The molecule has 0 aliphatic rings. The highest BCUT2D eigenvalue weighted by Crippen LogP contribution is 2.26. The van der Waals surface area contributed by atoms with Gasteiger partial charge in [-0.2, -0.15) is 0 Å². The van der Waals surface area contributed by atoms with E-state index in [0.29, 0.717) is 22.2 Å². The van der Waals surface area contributed by atoms with Crippen molar-refractivity contribution >= 4 is 23.2 Å². The molecule has 0 saturated heterocycles. The molecule has 0 bridgehead atoms. The molecule has 0 aliphatic carbocycles. The molecule has 3 heteroatoms. The molecule has 0 heterocycles. The molecular formula is C16H16ClNO. The second-order valence-electron chi connectivity index (χ2n) is 4.71. The third-order valence-corrected chi connectivity index (χ3v) is 3.26. The minimum absolute atomic E-state index is 0.153. The average molecular weight is 274 g/mol. The van der Waals surface area contributed by atoms with Gasteiger partial charge in [-0.15, -0.1) is 0 Å². The number of hydrogen-bond acceptors (Lipinski definition) is 1. The van der Waals surface area contributed by atoms with Gasteiger partial charge in [0.15, 0.2) is 0 Å². The summed E-state index contributed by atoms with van der Waals surface area (Å²) in [6, 6.07) is 14.8. The predicted molar refractivity (Wildman–Crippen MR) is 79.9 cm³/mol. The van der Waals surface area contributed by atoms with Gasteiger partial charge in [0.1, 0.15) is 0 Å². The van der Waals surface area contributed by atoms with Crippen LogP contribution in [-0.4, -0.2) is 5.91 Å². The number of hydrogen-bond donors (Lipinski definition) is 1. The van der Waals surface area contributed by atoms with E-state index in [9.17, 15) is 4.79 Å². The first-order valence-corrected chi connectivity index (χ1v) is 6.61. The van der Waals surface area contributed by atoms with Crippen molar-refractivity contribution in [3.05, 3.63) is 64.7 Å². The molecule has 0 aliphatic heterocycles. The molecule has 0 aromatic heterocycles. The number of benzene rings is 2. The average Bonchev–Trinajstić information content (AvgIpc) is 2.41. The van der Waals surface area contributed by atoms with Crippen molar-refractivity contribution in [2.75, 3.05) is 5.32 Å². The van der Waals surface area contributed by atoms with E-state index < -0.39 is 0 Å². The fourth-order valence-electron chi connectivity index (χ4n) is 1.78. The van der Waals surface area contributed by atoms with Gasteiger partial charge < -0.3 is 5.32 Å². The van der Waals surface area contributed by atoms with Crippen LogP contribution < -0.4 is 5.32 Å². The quantitative estimate of drug-likeness (QED) is 0.862. The Morgan fingerprint density at radius 1 is 1.11 bits per heavy atom. The zero-order chi connectivity index (χ0) is 13.8. The first kappa shape index (κ1) is 13.6. The molecule has 1 amide bonds.